The summed E-state index contributed by atoms with van der Waals surface area (Å²) in [4.78, 5) is 44.7. The Labute approximate surface area is 220 Å². The Morgan fingerprint density at radius 2 is 1.73 bits per heavy atom. The standard InChI is InChI=1S/C27H33N5O4S/c28-23-20(19-5-4-17-8-15-36-21(17)22(19)37-23)24(33)29-13-6-18(7-14-29)30-10-3-9-27(16-30)25(34)31-11-1-2-12-32(31)26(27)35/h4-5,18H,1-3,6-16,28H2. The lowest BCUT2D eigenvalue weighted by Crippen LogP contribution is -2.56. The molecule has 37 heavy (non-hydrogen) atoms. The van der Waals surface area contributed by atoms with Crippen LogP contribution in [0.2, 0.25) is 0 Å². The molecule has 0 bridgehead atoms. The SMILES string of the molecule is Nc1sc2c3c(ccc2c1C(=O)N1CCC(N2CCCC4(C2)C(=O)N2CCCCN2C4=O)CC1)CCO3. The van der Waals surface area contributed by atoms with Crippen molar-refractivity contribution < 1.29 is 19.1 Å². The van der Waals surface area contributed by atoms with Crippen molar-refractivity contribution in [1.29, 1.82) is 0 Å². The van der Waals surface area contributed by atoms with Gasteiger partial charge in [0.15, 0.2) is 0 Å². The maximum atomic E-state index is 13.6. The molecule has 6 heterocycles. The van der Waals surface area contributed by atoms with Crippen LogP contribution in [0.4, 0.5) is 5.00 Å². The van der Waals surface area contributed by atoms with Crippen LogP contribution in [0, 0.1) is 5.41 Å². The van der Waals surface area contributed by atoms with Crippen LogP contribution in [0.15, 0.2) is 12.1 Å². The second-order valence-corrected chi connectivity index (χ2v) is 12.2. The summed E-state index contributed by atoms with van der Waals surface area (Å²) in [6.45, 7) is 4.67. The van der Waals surface area contributed by atoms with E-state index in [-0.39, 0.29) is 23.8 Å². The second-order valence-electron chi connectivity index (χ2n) is 11.1. The zero-order chi connectivity index (χ0) is 25.3. The largest absolute Gasteiger partial charge is 0.491 e. The van der Waals surface area contributed by atoms with Gasteiger partial charge in [0.2, 0.25) is 0 Å². The number of fused-ring (bicyclic) bond motifs is 4. The van der Waals surface area contributed by atoms with E-state index >= 15 is 0 Å². The van der Waals surface area contributed by atoms with E-state index in [1.54, 1.807) is 10.0 Å². The third-order valence-electron chi connectivity index (χ3n) is 9.11. The van der Waals surface area contributed by atoms with Gasteiger partial charge in [0.1, 0.15) is 11.2 Å². The van der Waals surface area contributed by atoms with Crippen molar-refractivity contribution in [3.8, 4) is 5.75 Å². The highest BCUT2D eigenvalue weighted by atomic mass is 32.1. The van der Waals surface area contributed by atoms with E-state index in [9.17, 15) is 14.4 Å². The quantitative estimate of drug-likeness (QED) is 0.608. The molecule has 0 unspecified atom stereocenters. The van der Waals surface area contributed by atoms with Crippen LogP contribution in [-0.2, 0) is 16.0 Å². The first kappa shape index (κ1) is 23.3. The smallest absolute Gasteiger partial charge is 0.258 e. The number of thiophene rings is 1. The third kappa shape index (κ3) is 3.41. The van der Waals surface area contributed by atoms with Crippen LogP contribution in [0.1, 0.15) is 54.4 Å². The average Bonchev–Trinajstić information content (AvgIpc) is 3.60. The van der Waals surface area contributed by atoms with Gasteiger partial charge in [0, 0.05) is 50.6 Å². The fourth-order valence-corrected chi connectivity index (χ4v) is 8.23. The summed E-state index contributed by atoms with van der Waals surface area (Å²) in [5.74, 6) is 0.880. The first-order valence-corrected chi connectivity index (χ1v) is 14.4. The van der Waals surface area contributed by atoms with Gasteiger partial charge in [-0.3, -0.25) is 29.3 Å². The summed E-state index contributed by atoms with van der Waals surface area (Å²) in [6, 6.07) is 4.34. The monoisotopic (exact) mass is 523 g/mol. The molecular formula is C27H33N5O4S. The molecule has 4 saturated heterocycles. The molecule has 3 amide bonds. The Bertz CT molecular complexity index is 1280. The maximum Gasteiger partial charge on any atom is 0.258 e. The van der Waals surface area contributed by atoms with Gasteiger partial charge in [-0.15, -0.1) is 11.3 Å². The van der Waals surface area contributed by atoms with Gasteiger partial charge in [0.05, 0.1) is 21.9 Å². The van der Waals surface area contributed by atoms with Crippen LogP contribution >= 0.6 is 11.3 Å². The third-order valence-corrected chi connectivity index (χ3v) is 10.1. The number of amides is 3. The number of hydrogen-bond donors (Lipinski definition) is 1. The number of ether oxygens (including phenoxy) is 1. The summed E-state index contributed by atoms with van der Waals surface area (Å²) in [7, 11) is 0. The van der Waals surface area contributed by atoms with Crippen molar-refractivity contribution in [2.45, 2.75) is 51.0 Å². The van der Waals surface area contributed by atoms with Gasteiger partial charge in [-0.1, -0.05) is 12.1 Å². The van der Waals surface area contributed by atoms with E-state index in [4.69, 9.17) is 10.5 Å². The summed E-state index contributed by atoms with van der Waals surface area (Å²) in [5, 5.41) is 4.87. The van der Waals surface area contributed by atoms with Crippen molar-refractivity contribution in [3.05, 3.63) is 23.3 Å². The Hall–Kier alpha value is -2.85. The van der Waals surface area contributed by atoms with Gasteiger partial charge in [-0.05, 0) is 50.6 Å². The molecule has 2 N–H and O–H groups in total. The second kappa shape index (κ2) is 8.59. The summed E-state index contributed by atoms with van der Waals surface area (Å²) in [5.41, 5.74) is 7.24. The van der Waals surface area contributed by atoms with Crippen LogP contribution in [0.5, 0.6) is 5.75 Å². The van der Waals surface area contributed by atoms with Crippen LogP contribution in [0.25, 0.3) is 10.1 Å². The number of anilines is 1. The maximum absolute atomic E-state index is 13.6. The number of likely N-dealkylation sites (tertiary alicyclic amines) is 2. The summed E-state index contributed by atoms with van der Waals surface area (Å²) >= 11 is 1.44. The van der Waals surface area contributed by atoms with Crippen molar-refractivity contribution in [2.75, 3.05) is 51.6 Å². The molecule has 0 atom stereocenters. The topological polar surface area (TPSA) is 99.4 Å². The predicted octanol–water partition coefficient (Wildman–Crippen LogP) is 2.48. The lowest BCUT2D eigenvalue weighted by molar-refractivity contribution is -0.150. The van der Waals surface area contributed by atoms with E-state index in [1.807, 2.05) is 11.0 Å². The predicted molar refractivity (Wildman–Crippen MR) is 140 cm³/mol. The highest BCUT2D eigenvalue weighted by Gasteiger charge is 2.60. The lowest BCUT2D eigenvalue weighted by atomic mass is 9.78. The van der Waals surface area contributed by atoms with E-state index in [1.165, 1.54) is 16.9 Å². The van der Waals surface area contributed by atoms with Crippen molar-refractivity contribution in [3.63, 3.8) is 0 Å². The number of hydrazine groups is 1. The number of rotatable bonds is 2. The number of nitrogens with two attached hydrogens (primary N) is 1. The molecule has 1 aromatic heterocycles. The molecule has 5 aliphatic rings. The highest BCUT2D eigenvalue weighted by molar-refractivity contribution is 7.23. The van der Waals surface area contributed by atoms with Crippen molar-refractivity contribution in [2.24, 2.45) is 5.41 Å². The minimum Gasteiger partial charge on any atom is -0.491 e. The van der Waals surface area contributed by atoms with E-state index < -0.39 is 5.41 Å². The summed E-state index contributed by atoms with van der Waals surface area (Å²) in [6.07, 6.45) is 5.97. The minimum atomic E-state index is -0.915. The number of benzene rings is 1. The molecule has 0 aliphatic carbocycles. The number of piperidine rings is 2. The number of hydrogen-bond acceptors (Lipinski definition) is 7. The fraction of sp³-hybridized carbons (Fsp3) is 0.593. The molecule has 0 saturated carbocycles. The van der Waals surface area contributed by atoms with Gasteiger partial charge >= 0.3 is 0 Å². The van der Waals surface area contributed by atoms with E-state index in [0.717, 1.165) is 60.9 Å². The van der Waals surface area contributed by atoms with Gasteiger partial charge in [0.25, 0.3) is 17.7 Å². The molecule has 9 nitrogen and oxygen atoms in total. The molecule has 10 heteroatoms. The van der Waals surface area contributed by atoms with Gasteiger partial charge in [-0.25, -0.2) is 0 Å². The first-order valence-electron chi connectivity index (χ1n) is 13.6. The molecule has 5 aliphatic heterocycles. The van der Waals surface area contributed by atoms with Crippen LogP contribution in [0.3, 0.4) is 0 Å². The Kier molecular flexibility index (Phi) is 5.41. The Morgan fingerprint density at radius 1 is 1.00 bits per heavy atom. The number of carbonyl (C=O) groups excluding carboxylic acids is 3. The molecule has 7 rings (SSSR count). The molecule has 0 radical (unpaired) electrons. The number of nitrogens with zero attached hydrogens (tertiary/aromatic N) is 4. The Balaban J connectivity index is 1.06. The number of carbonyl (C=O) groups is 3. The van der Waals surface area contributed by atoms with E-state index in [2.05, 4.69) is 11.0 Å². The molecular weight excluding hydrogens is 490 g/mol. The first-order chi connectivity index (χ1) is 18.0. The normalized spacial score (nSPS) is 24.2. The highest BCUT2D eigenvalue weighted by Crippen LogP contribution is 2.45. The zero-order valence-electron chi connectivity index (χ0n) is 21.0. The zero-order valence-corrected chi connectivity index (χ0v) is 21.9. The Morgan fingerprint density at radius 3 is 2.46 bits per heavy atom. The van der Waals surface area contributed by atoms with Gasteiger partial charge < -0.3 is 15.4 Å². The summed E-state index contributed by atoms with van der Waals surface area (Å²) < 4.78 is 6.82. The minimum absolute atomic E-state index is 0.00443. The van der Waals surface area contributed by atoms with Crippen molar-refractivity contribution in [1.82, 2.24) is 19.8 Å². The fourth-order valence-electron chi connectivity index (χ4n) is 7.15. The van der Waals surface area contributed by atoms with Gasteiger partial charge in [-0.2, -0.15) is 0 Å². The molecule has 1 aromatic carbocycles. The van der Waals surface area contributed by atoms with Crippen molar-refractivity contribution >= 4 is 44.1 Å². The molecule has 4 fully saturated rings. The molecule has 1 spiro atoms. The molecule has 2 aromatic rings. The lowest BCUT2D eigenvalue weighted by Gasteiger charge is -2.44. The average molecular weight is 524 g/mol. The van der Waals surface area contributed by atoms with Crippen LogP contribution in [-0.4, -0.2) is 89.5 Å². The molecule has 196 valence electrons. The number of nitrogen functional groups attached to an aromatic ring is 1. The van der Waals surface area contributed by atoms with Crippen LogP contribution < -0.4 is 10.5 Å². The van der Waals surface area contributed by atoms with E-state index in [0.29, 0.717) is 56.3 Å².